The molecule has 0 aromatic heterocycles. The van der Waals surface area contributed by atoms with Gasteiger partial charge in [-0.3, -0.25) is 4.79 Å². The molecule has 0 saturated heterocycles. The van der Waals surface area contributed by atoms with Crippen LogP contribution in [0.5, 0.6) is 0 Å². The Kier molecular flexibility index (Phi) is 19.7. The fourth-order valence-electron chi connectivity index (χ4n) is 3.85. The first-order valence-electron chi connectivity index (χ1n) is 13.5. The van der Waals surface area contributed by atoms with Gasteiger partial charge in [-0.25, -0.2) is 0 Å². The van der Waals surface area contributed by atoms with Crippen LogP contribution in [-0.4, -0.2) is 49.2 Å². The van der Waals surface area contributed by atoms with Gasteiger partial charge in [0.2, 0.25) is 0 Å². The number of unbranched alkanes of at least 4 members (excludes halogenated alkanes) is 14. The van der Waals surface area contributed by atoms with E-state index in [4.69, 9.17) is 0 Å². The predicted molar refractivity (Wildman–Crippen MR) is 128 cm³/mol. The molecule has 0 rings (SSSR count). The minimum absolute atomic E-state index is 0.179. The van der Waals surface area contributed by atoms with E-state index in [1.165, 1.54) is 77.0 Å². The Morgan fingerprint density at radius 1 is 0.618 bits per heavy atom. The lowest BCUT2D eigenvalue weighted by Crippen LogP contribution is -2.41. The molecule has 204 valence electrons. The highest BCUT2D eigenvalue weighted by atomic mass is 19.4. The molecule has 0 fully saturated rings. The second-order valence-electron chi connectivity index (χ2n) is 9.40. The van der Waals surface area contributed by atoms with Gasteiger partial charge in [-0.05, 0) is 25.9 Å². The molecule has 0 amide bonds. The molecule has 0 spiro atoms. The average Bonchev–Trinajstić information content (AvgIpc) is 2.78. The third kappa shape index (κ3) is 18.4. The van der Waals surface area contributed by atoms with Crippen LogP contribution in [0.4, 0.5) is 22.0 Å². The fraction of sp³-hybridized carbons (Fsp3) is 0.962. The molecule has 34 heavy (non-hydrogen) atoms. The largest absolute Gasteiger partial charge is 0.459 e. The lowest BCUT2D eigenvalue weighted by atomic mass is 10.1. The number of carbonyl (C=O) groups is 1. The standard InChI is InChI=1S/C26H48F5NO2/c1-3-5-7-9-11-13-15-17-20-32(21-18-16-14-12-10-8-6-4-2)22-19-24(33)34-23-25(27,28)26(29,30)31/h3-23H2,1-2H3. The van der Waals surface area contributed by atoms with Gasteiger partial charge in [-0.1, -0.05) is 104 Å². The molecule has 0 radical (unpaired) electrons. The SMILES string of the molecule is CCCCCCCCCCN(CCCCCCCCCC)CCC(=O)OCC(F)(F)C(F)(F)F. The topological polar surface area (TPSA) is 29.5 Å². The highest BCUT2D eigenvalue weighted by Crippen LogP contribution is 2.35. The summed E-state index contributed by atoms with van der Waals surface area (Å²) < 4.78 is 66.8. The van der Waals surface area contributed by atoms with Crippen molar-refractivity contribution in [3.8, 4) is 0 Å². The first-order valence-corrected chi connectivity index (χ1v) is 13.5. The molecule has 0 atom stereocenters. The minimum Gasteiger partial charge on any atom is -0.459 e. The summed E-state index contributed by atoms with van der Waals surface area (Å²) in [7, 11) is 0. The van der Waals surface area contributed by atoms with Gasteiger partial charge in [-0.15, -0.1) is 0 Å². The van der Waals surface area contributed by atoms with Crippen molar-refractivity contribution in [1.82, 2.24) is 4.90 Å². The van der Waals surface area contributed by atoms with Crippen molar-refractivity contribution in [2.45, 2.75) is 135 Å². The maximum absolute atomic E-state index is 13.0. The van der Waals surface area contributed by atoms with Crippen molar-refractivity contribution in [2.24, 2.45) is 0 Å². The van der Waals surface area contributed by atoms with Crippen LogP contribution in [0.15, 0.2) is 0 Å². The first kappa shape index (κ1) is 33.1. The lowest BCUT2D eigenvalue weighted by molar-refractivity contribution is -0.294. The summed E-state index contributed by atoms with van der Waals surface area (Å²) in [6, 6.07) is 0. The number of carbonyl (C=O) groups excluding carboxylic acids is 1. The Labute approximate surface area is 204 Å². The smallest absolute Gasteiger partial charge is 0.456 e. The molecule has 3 nitrogen and oxygen atoms in total. The van der Waals surface area contributed by atoms with Gasteiger partial charge in [0.05, 0.1) is 6.42 Å². The quantitative estimate of drug-likeness (QED) is 0.0797. The summed E-state index contributed by atoms with van der Waals surface area (Å²) in [5.74, 6) is -6.03. The number of hydrogen-bond acceptors (Lipinski definition) is 3. The van der Waals surface area contributed by atoms with Gasteiger partial charge in [0.1, 0.15) is 0 Å². The van der Waals surface area contributed by atoms with Crippen molar-refractivity contribution in [1.29, 1.82) is 0 Å². The summed E-state index contributed by atoms with van der Waals surface area (Å²) in [5, 5.41) is 0. The summed E-state index contributed by atoms with van der Waals surface area (Å²) in [4.78, 5) is 13.9. The van der Waals surface area contributed by atoms with Crippen LogP contribution in [-0.2, 0) is 9.53 Å². The highest BCUT2D eigenvalue weighted by Gasteiger charge is 2.58. The zero-order valence-electron chi connectivity index (χ0n) is 21.5. The molecule has 0 aromatic carbocycles. The number of ether oxygens (including phenoxy) is 1. The number of nitrogens with zero attached hydrogens (tertiary/aromatic N) is 1. The Hall–Kier alpha value is -0.920. The first-order chi connectivity index (χ1) is 16.1. The average molecular weight is 502 g/mol. The lowest BCUT2D eigenvalue weighted by Gasteiger charge is -2.23. The van der Waals surface area contributed by atoms with Gasteiger partial charge in [0.15, 0.2) is 6.61 Å². The Morgan fingerprint density at radius 3 is 1.38 bits per heavy atom. The monoisotopic (exact) mass is 501 g/mol. The third-order valence-corrected chi connectivity index (χ3v) is 6.12. The van der Waals surface area contributed by atoms with Crippen LogP contribution >= 0.6 is 0 Å². The van der Waals surface area contributed by atoms with Crippen molar-refractivity contribution in [3.63, 3.8) is 0 Å². The molecule has 0 heterocycles. The molecule has 0 aliphatic heterocycles. The molecule has 0 bridgehead atoms. The van der Waals surface area contributed by atoms with Crippen molar-refractivity contribution in [3.05, 3.63) is 0 Å². The molecule has 0 saturated carbocycles. The molecule has 0 aliphatic carbocycles. The molecular weight excluding hydrogens is 453 g/mol. The predicted octanol–water partition coefficient (Wildman–Crippen LogP) is 8.70. The number of esters is 1. The zero-order valence-corrected chi connectivity index (χ0v) is 21.5. The second kappa shape index (κ2) is 20.3. The summed E-state index contributed by atoms with van der Waals surface area (Å²) in [5.41, 5.74) is 0. The second-order valence-corrected chi connectivity index (χ2v) is 9.40. The number of alkyl halides is 5. The van der Waals surface area contributed by atoms with Crippen LogP contribution in [0, 0.1) is 0 Å². The van der Waals surface area contributed by atoms with E-state index < -0.39 is 24.7 Å². The van der Waals surface area contributed by atoms with Gasteiger partial charge in [0.25, 0.3) is 0 Å². The maximum atomic E-state index is 13.0. The van der Waals surface area contributed by atoms with Crippen LogP contribution in [0.2, 0.25) is 0 Å². The van der Waals surface area contributed by atoms with Gasteiger partial charge in [-0.2, -0.15) is 22.0 Å². The van der Waals surface area contributed by atoms with E-state index >= 15 is 0 Å². The van der Waals surface area contributed by atoms with Gasteiger partial charge >= 0.3 is 18.1 Å². The van der Waals surface area contributed by atoms with E-state index in [1.807, 2.05) is 0 Å². The molecule has 0 N–H and O–H groups in total. The normalized spacial score (nSPS) is 12.5. The van der Waals surface area contributed by atoms with Gasteiger partial charge in [0, 0.05) is 6.54 Å². The molecule has 0 aromatic rings. The summed E-state index contributed by atoms with van der Waals surface area (Å²) in [6.45, 7) is 4.36. The van der Waals surface area contributed by atoms with E-state index in [0.717, 1.165) is 38.8 Å². The van der Waals surface area contributed by atoms with Crippen molar-refractivity contribution in [2.75, 3.05) is 26.2 Å². The van der Waals surface area contributed by atoms with Crippen molar-refractivity contribution < 1.29 is 31.5 Å². The molecular formula is C26H48F5NO2. The van der Waals surface area contributed by atoms with E-state index in [9.17, 15) is 26.7 Å². The minimum atomic E-state index is -5.72. The maximum Gasteiger partial charge on any atom is 0.456 e. The third-order valence-electron chi connectivity index (χ3n) is 6.12. The summed E-state index contributed by atoms with van der Waals surface area (Å²) >= 11 is 0. The zero-order chi connectivity index (χ0) is 25.7. The van der Waals surface area contributed by atoms with Crippen LogP contribution in [0.25, 0.3) is 0 Å². The van der Waals surface area contributed by atoms with E-state index in [2.05, 4.69) is 23.5 Å². The Morgan fingerprint density at radius 2 is 1.00 bits per heavy atom. The number of rotatable bonds is 23. The van der Waals surface area contributed by atoms with Crippen molar-refractivity contribution >= 4 is 5.97 Å². The van der Waals surface area contributed by atoms with Crippen LogP contribution in [0.1, 0.15) is 123 Å². The number of halogens is 5. The fourth-order valence-corrected chi connectivity index (χ4v) is 3.85. The molecule has 0 aliphatic rings. The van der Waals surface area contributed by atoms with E-state index in [1.54, 1.807) is 0 Å². The van der Waals surface area contributed by atoms with Crippen LogP contribution < -0.4 is 0 Å². The molecule has 0 unspecified atom stereocenters. The van der Waals surface area contributed by atoms with Gasteiger partial charge < -0.3 is 9.64 Å². The highest BCUT2D eigenvalue weighted by molar-refractivity contribution is 5.69. The molecule has 8 heteroatoms. The Balaban J connectivity index is 4.29. The Bertz CT molecular complexity index is 466. The van der Waals surface area contributed by atoms with E-state index in [-0.39, 0.29) is 6.42 Å². The number of hydrogen-bond donors (Lipinski definition) is 0. The van der Waals surface area contributed by atoms with E-state index in [0.29, 0.717) is 6.54 Å². The summed E-state index contributed by atoms with van der Waals surface area (Å²) in [6.07, 6.45) is 13.1. The van der Waals surface area contributed by atoms with Crippen LogP contribution in [0.3, 0.4) is 0 Å².